The van der Waals surface area contributed by atoms with Crippen LogP contribution in [0.3, 0.4) is 0 Å². The number of halogens is 2. The SMILES string of the molecule is CC(C)n1cc(N)c(NC2CC2)n1.Cl.Cl. The van der Waals surface area contributed by atoms with Crippen molar-refractivity contribution in [3.63, 3.8) is 0 Å². The molecule has 1 aromatic rings. The Morgan fingerprint density at radius 3 is 2.47 bits per heavy atom. The lowest BCUT2D eigenvalue weighted by Gasteiger charge is -2.03. The highest BCUT2D eigenvalue weighted by atomic mass is 35.5. The zero-order chi connectivity index (χ0) is 9.42. The van der Waals surface area contributed by atoms with Crippen LogP contribution in [0.15, 0.2) is 6.20 Å². The third-order valence-electron chi connectivity index (χ3n) is 2.21. The van der Waals surface area contributed by atoms with Crippen LogP contribution in [0, 0.1) is 0 Å². The van der Waals surface area contributed by atoms with Gasteiger partial charge in [0.15, 0.2) is 5.82 Å². The summed E-state index contributed by atoms with van der Waals surface area (Å²) in [6, 6.07) is 0.981. The highest BCUT2D eigenvalue weighted by Crippen LogP contribution is 2.27. The summed E-state index contributed by atoms with van der Waals surface area (Å²) in [5, 5.41) is 7.67. The highest BCUT2D eigenvalue weighted by molar-refractivity contribution is 5.85. The van der Waals surface area contributed by atoms with Crippen LogP contribution in [0.2, 0.25) is 0 Å². The Balaban J connectivity index is 0.000000980. The fourth-order valence-electron chi connectivity index (χ4n) is 1.20. The molecule has 2 rings (SSSR count). The first kappa shape index (κ1) is 14.4. The Morgan fingerprint density at radius 1 is 1.47 bits per heavy atom. The number of anilines is 2. The summed E-state index contributed by atoms with van der Waals surface area (Å²) in [5.74, 6) is 0.844. The quantitative estimate of drug-likeness (QED) is 0.870. The number of aromatic nitrogens is 2. The lowest BCUT2D eigenvalue weighted by molar-refractivity contribution is 0.534. The van der Waals surface area contributed by atoms with Gasteiger partial charge in [0.25, 0.3) is 0 Å². The molecule has 88 valence electrons. The smallest absolute Gasteiger partial charge is 0.171 e. The summed E-state index contributed by atoms with van der Waals surface area (Å²) < 4.78 is 1.89. The van der Waals surface area contributed by atoms with E-state index in [4.69, 9.17) is 5.73 Å². The Morgan fingerprint density at radius 2 is 2.07 bits per heavy atom. The van der Waals surface area contributed by atoms with Crippen LogP contribution < -0.4 is 11.1 Å². The van der Waals surface area contributed by atoms with E-state index >= 15 is 0 Å². The summed E-state index contributed by atoms with van der Waals surface area (Å²) in [6.45, 7) is 4.18. The molecule has 0 unspecified atom stereocenters. The fraction of sp³-hybridized carbons (Fsp3) is 0.667. The molecule has 0 spiro atoms. The van der Waals surface area contributed by atoms with Gasteiger partial charge in [-0.3, -0.25) is 4.68 Å². The van der Waals surface area contributed by atoms with E-state index in [0.29, 0.717) is 12.1 Å². The molecule has 1 saturated carbocycles. The maximum atomic E-state index is 5.81. The summed E-state index contributed by atoms with van der Waals surface area (Å²) in [4.78, 5) is 0. The summed E-state index contributed by atoms with van der Waals surface area (Å²) in [5.41, 5.74) is 6.56. The van der Waals surface area contributed by atoms with Gasteiger partial charge >= 0.3 is 0 Å². The van der Waals surface area contributed by atoms with Crippen molar-refractivity contribution in [1.29, 1.82) is 0 Å². The van der Waals surface area contributed by atoms with Crippen molar-refractivity contribution < 1.29 is 0 Å². The van der Waals surface area contributed by atoms with E-state index in [2.05, 4.69) is 24.3 Å². The molecule has 0 radical (unpaired) electrons. The van der Waals surface area contributed by atoms with E-state index in [1.165, 1.54) is 12.8 Å². The molecule has 3 N–H and O–H groups in total. The molecular formula is C9H18Cl2N4. The summed E-state index contributed by atoms with van der Waals surface area (Å²) in [6.07, 6.45) is 4.37. The minimum absolute atomic E-state index is 0. The first-order valence-corrected chi connectivity index (χ1v) is 4.78. The zero-order valence-corrected chi connectivity index (χ0v) is 10.6. The van der Waals surface area contributed by atoms with Gasteiger partial charge in [-0.1, -0.05) is 0 Å². The molecule has 6 heteroatoms. The van der Waals surface area contributed by atoms with Gasteiger partial charge < -0.3 is 11.1 Å². The zero-order valence-electron chi connectivity index (χ0n) is 8.93. The van der Waals surface area contributed by atoms with Crippen LogP contribution in [0.4, 0.5) is 11.5 Å². The minimum Gasteiger partial charge on any atom is -0.394 e. The number of nitrogens with one attached hydrogen (secondary N) is 1. The molecule has 15 heavy (non-hydrogen) atoms. The molecule has 0 amide bonds. The van der Waals surface area contributed by atoms with Crippen LogP contribution in [0.25, 0.3) is 0 Å². The molecule has 0 atom stereocenters. The lowest BCUT2D eigenvalue weighted by Crippen LogP contribution is -2.05. The van der Waals surface area contributed by atoms with E-state index in [1.807, 2.05) is 10.9 Å². The van der Waals surface area contributed by atoms with Gasteiger partial charge in [0.05, 0.1) is 11.9 Å². The van der Waals surface area contributed by atoms with Crippen molar-refractivity contribution in [2.45, 2.75) is 38.8 Å². The van der Waals surface area contributed by atoms with E-state index < -0.39 is 0 Å². The third kappa shape index (κ3) is 3.47. The van der Waals surface area contributed by atoms with E-state index in [9.17, 15) is 0 Å². The average molecular weight is 253 g/mol. The molecule has 0 bridgehead atoms. The van der Waals surface area contributed by atoms with Gasteiger partial charge in [-0.25, -0.2) is 0 Å². The molecule has 4 nitrogen and oxygen atoms in total. The fourth-order valence-corrected chi connectivity index (χ4v) is 1.20. The largest absolute Gasteiger partial charge is 0.394 e. The third-order valence-corrected chi connectivity index (χ3v) is 2.21. The van der Waals surface area contributed by atoms with Crippen LogP contribution in [0.1, 0.15) is 32.7 Å². The average Bonchev–Trinajstić information content (AvgIpc) is 2.78. The molecule has 1 aliphatic carbocycles. The number of nitrogens with two attached hydrogens (primary N) is 1. The number of nitrogen functional groups attached to an aromatic ring is 1. The molecular weight excluding hydrogens is 235 g/mol. The van der Waals surface area contributed by atoms with Gasteiger partial charge in [-0.15, -0.1) is 24.8 Å². The monoisotopic (exact) mass is 252 g/mol. The highest BCUT2D eigenvalue weighted by Gasteiger charge is 2.23. The standard InChI is InChI=1S/C9H16N4.2ClH/c1-6(2)13-5-8(10)9(12-13)11-7-3-4-7;;/h5-7H,3-4,10H2,1-2H3,(H,11,12);2*1H. The minimum atomic E-state index is 0. The van der Waals surface area contributed by atoms with Gasteiger partial charge in [0, 0.05) is 12.1 Å². The van der Waals surface area contributed by atoms with Crippen LogP contribution in [-0.2, 0) is 0 Å². The van der Waals surface area contributed by atoms with E-state index in [-0.39, 0.29) is 24.8 Å². The lowest BCUT2D eigenvalue weighted by atomic mass is 10.4. The Hall–Kier alpha value is -0.610. The maximum Gasteiger partial charge on any atom is 0.171 e. The molecule has 0 aliphatic heterocycles. The van der Waals surface area contributed by atoms with Crippen molar-refractivity contribution in [2.24, 2.45) is 0 Å². The Labute approximate surface area is 102 Å². The molecule has 1 fully saturated rings. The van der Waals surface area contributed by atoms with Crippen molar-refractivity contribution in [3.05, 3.63) is 6.20 Å². The van der Waals surface area contributed by atoms with Gasteiger partial charge in [0.2, 0.25) is 0 Å². The van der Waals surface area contributed by atoms with Crippen LogP contribution >= 0.6 is 24.8 Å². The second-order valence-electron chi connectivity index (χ2n) is 3.93. The van der Waals surface area contributed by atoms with E-state index in [0.717, 1.165) is 11.5 Å². The number of hydrogen-bond donors (Lipinski definition) is 2. The number of nitrogens with zero attached hydrogens (tertiary/aromatic N) is 2. The number of rotatable bonds is 3. The summed E-state index contributed by atoms with van der Waals surface area (Å²) >= 11 is 0. The predicted molar refractivity (Wildman–Crippen MR) is 68.2 cm³/mol. The topological polar surface area (TPSA) is 55.9 Å². The van der Waals surface area contributed by atoms with Crippen LogP contribution in [-0.4, -0.2) is 15.8 Å². The Bertz CT molecular complexity index is 307. The molecule has 0 aromatic carbocycles. The van der Waals surface area contributed by atoms with Gasteiger partial charge in [0.1, 0.15) is 0 Å². The van der Waals surface area contributed by atoms with E-state index in [1.54, 1.807) is 0 Å². The first-order valence-electron chi connectivity index (χ1n) is 4.78. The maximum absolute atomic E-state index is 5.81. The van der Waals surface area contributed by atoms with Crippen LogP contribution in [0.5, 0.6) is 0 Å². The number of hydrogen-bond acceptors (Lipinski definition) is 3. The Kier molecular flexibility index (Phi) is 5.24. The second kappa shape index (κ2) is 5.47. The summed E-state index contributed by atoms with van der Waals surface area (Å²) in [7, 11) is 0. The predicted octanol–water partition coefficient (Wildman–Crippen LogP) is 2.46. The van der Waals surface area contributed by atoms with Gasteiger partial charge in [-0.2, -0.15) is 5.10 Å². The van der Waals surface area contributed by atoms with Crippen molar-refractivity contribution in [1.82, 2.24) is 9.78 Å². The normalized spacial score (nSPS) is 14.3. The molecule has 1 heterocycles. The molecule has 1 aromatic heterocycles. The molecule has 1 aliphatic rings. The first-order chi connectivity index (χ1) is 6.16. The van der Waals surface area contributed by atoms with Crippen molar-refractivity contribution in [2.75, 3.05) is 11.1 Å². The van der Waals surface area contributed by atoms with Gasteiger partial charge in [-0.05, 0) is 26.7 Å². The second-order valence-corrected chi connectivity index (χ2v) is 3.93. The molecule has 0 saturated heterocycles. The van der Waals surface area contributed by atoms with Crippen molar-refractivity contribution in [3.8, 4) is 0 Å². The van der Waals surface area contributed by atoms with Crippen molar-refractivity contribution >= 4 is 36.3 Å².